The van der Waals surface area contributed by atoms with Gasteiger partial charge in [-0.1, -0.05) is 0 Å². The van der Waals surface area contributed by atoms with E-state index in [1.54, 1.807) is 0 Å². The van der Waals surface area contributed by atoms with Crippen molar-refractivity contribution in [3.8, 4) is 0 Å². The molecule has 1 unspecified atom stereocenters. The number of nitrogens with one attached hydrogen (secondary N) is 1. The molecular weight excluding hydrogens is 603 g/mol. The summed E-state index contributed by atoms with van der Waals surface area (Å²) in [6.07, 6.45) is -0.249. The lowest BCUT2D eigenvalue weighted by atomic mass is 9.94. The van der Waals surface area contributed by atoms with Crippen molar-refractivity contribution in [3.63, 3.8) is 0 Å². The van der Waals surface area contributed by atoms with E-state index >= 15 is 0 Å². The first-order chi connectivity index (χ1) is 23.6. The number of rotatable bonds is 0. The molecule has 49 heavy (non-hydrogen) atoms. The minimum Gasteiger partial charge on any atom is -0.340 e. The second-order valence-electron chi connectivity index (χ2n) is 15.2. The molecule has 4 aromatic carbocycles. The number of anilines is 1. The van der Waals surface area contributed by atoms with Crippen molar-refractivity contribution in [2.45, 2.75) is 67.3 Å². The Morgan fingerprint density at radius 1 is 0.592 bits per heavy atom. The molecule has 1 aliphatic carbocycles. The van der Waals surface area contributed by atoms with Gasteiger partial charge in [0.1, 0.15) is 11.6 Å². The molecule has 5 aliphatic heterocycles. The van der Waals surface area contributed by atoms with Crippen molar-refractivity contribution in [1.29, 1.82) is 0 Å². The minimum atomic E-state index is -0.820. The van der Waals surface area contributed by atoms with Crippen LogP contribution in [-0.4, -0.2) is 25.3 Å². The van der Waals surface area contributed by atoms with Crippen molar-refractivity contribution in [3.05, 3.63) is 132 Å². The van der Waals surface area contributed by atoms with Crippen LogP contribution in [0.15, 0.2) is 69.1 Å². The van der Waals surface area contributed by atoms with Gasteiger partial charge in [-0.05, 0) is 153 Å². The van der Waals surface area contributed by atoms with E-state index in [0.717, 1.165) is 50.6 Å². The van der Waals surface area contributed by atoms with Crippen LogP contribution in [0.25, 0.3) is 27.2 Å². The Bertz CT molecular complexity index is 2990. The maximum Gasteiger partial charge on any atom is 0.334 e. The van der Waals surface area contributed by atoms with E-state index < -0.39 is 5.79 Å². The number of nitrogens with zero attached hydrogens (tertiary/aromatic N) is 6. The quantitative estimate of drug-likeness (QED) is 0.176. The van der Waals surface area contributed by atoms with Crippen LogP contribution in [0.3, 0.4) is 0 Å². The summed E-state index contributed by atoms with van der Waals surface area (Å²) in [5, 5.41) is 8.70. The molecule has 236 valence electrons. The van der Waals surface area contributed by atoms with Gasteiger partial charge in [-0.3, -0.25) is 0 Å². The number of hydrogen-bond donors (Lipinski definition) is 1. The molecule has 6 aromatic rings. The second kappa shape index (κ2) is 7.84. The highest BCUT2D eigenvalue weighted by Gasteiger charge is 2.67. The highest BCUT2D eigenvalue weighted by atomic mass is 15.6. The third-order valence-electron chi connectivity index (χ3n) is 12.6. The Kier molecular flexibility index (Phi) is 4.22. The predicted molar refractivity (Wildman–Crippen MR) is 194 cm³/mol. The van der Waals surface area contributed by atoms with E-state index in [9.17, 15) is 0 Å². The lowest BCUT2D eigenvalue weighted by Gasteiger charge is -2.46. The molecule has 7 heteroatoms. The molecule has 2 aromatic heterocycles. The Morgan fingerprint density at radius 3 is 1.84 bits per heavy atom. The molecule has 6 aliphatic rings. The van der Waals surface area contributed by atoms with Gasteiger partial charge in [0.15, 0.2) is 5.49 Å². The van der Waals surface area contributed by atoms with Crippen LogP contribution in [-0.2, 0) is 5.79 Å². The maximum atomic E-state index is 5.76. The van der Waals surface area contributed by atoms with Crippen molar-refractivity contribution < 1.29 is 4.58 Å². The lowest BCUT2D eigenvalue weighted by Crippen LogP contribution is -2.66. The zero-order valence-corrected chi connectivity index (χ0v) is 28.9. The van der Waals surface area contributed by atoms with Crippen LogP contribution in [0.5, 0.6) is 0 Å². The largest absolute Gasteiger partial charge is 0.340 e. The number of fused-ring (bicyclic) bond motifs is 12. The molecule has 1 N–H and O–H groups in total. The molecule has 0 amide bonds. The Labute approximate surface area is 283 Å². The number of benzene rings is 4. The highest BCUT2D eigenvalue weighted by molar-refractivity contribution is 6.27. The smallest absolute Gasteiger partial charge is 0.334 e. The van der Waals surface area contributed by atoms with Crippen molar-refractivity contribution >= 4 is 50.4 Å². The van der Waals surface area contributed by atoms with E-state index in [0.29, 0.717) is 0 Å². The number of aryl methyl sites for hydroxylation is 8. The molecule has 2 atom stereocenters. The fourth-order valence-electron chi connectivity index (χ4n) is 9.61. The van der Waals surface area contributed by atoms with E-state index in [1.807, 2.05) is 0 Å². The van der Waals surface area contributed by atoms with Gasteiger partial charge < -0.3 is 5.32 Å². The standard InChI is InChI=1S/C42H33N7/c1-17-9-25-26(10-18(17)2)35-33-34(25)43-36-27-11-19(3)21(5)13-29(27)38-45-40-31-15-23(7)24(8)16-32(31)41-46-39-30-14-22(6)20(4)12-28(30)37(44-35)48(39)42(33,47(36)38)49(40)41/h9-16,36H,1-8H3/p+1/t36?,42-/m0/s1. The van der Waals surface area contributed by atoms with Gasteiger partial charge in [0, 0.05) is 32.8 Å². The molecule has 1 spiro atoms. The molecule has 7 nitrogen and oxygen atoms in total. The summed E-state index contributed by atoms with van der Waals surface area (Å²) in [4.78, 5) is 17.1. The summed E-state index contributed by atoms with van der Waals surface area (Å²) in [7, 11) is 0. The normalized spacial score (nSPS) is 21.0. The van der Waals surface area contributed by atoms with Gasteiger partial charge >= 0.3 is 11.6 Å². The molecular formula is C42H34N7+. The zero-order valence-electron chi connectivity index (χ0n) is 28.9. The van der Waals surface area contributed by atoms with Gasteiger partial charge in [0.2, 0.25) is 6.17 Å². The fraction of sp³-hybridized carbons (Fsp3) is 0.238. The first-order valence-corrected chi connectivity index (χ1v) is 17.3. The van der Waals surface area contributed by atoms with E-state index in [4.69, 9.17) is 15.0 Å². The van der Waals surface area contributed by atoms with Crippen LogP contribution in [0.1, 0.15) is 72.9 Å². The predicted octanol–water partition coefficient (Wildman–Crippen LogP) is 7.24. The average molecular weight is 637 g/mol. The Balaban J connectivity index is 1.40. The van der Waals surface area contributed by atoms with Crippen molar-refractivity contribution in [2.24, 2.45) is 15.0 Å². The molecule has 7 heterocycles. The molecule has 0 fully saturated rings. The summed E-state index contributed by atoms with van der Waals surface area (Å²) in [6.45, 7) is 17.7. The van der Waals surface area contributed by atoms with Crippen molar-refractivity contribution in [1.82, 2.24) is 9.13 Å². The van der Waals surface area contributed by atoms with E-state index in [2.05, 4.69) is 123 Å². The third-order valence-corrected chi connectivity index (χ3v) is 12.6. The lowest BCUT2D eigenvalue weighted by molar-refractivity contribution is -0.670. The third kappa shape index (κ3) is 2.63. The summed E-state index contributed by atoms with van der Waals surface area (Å²) in [5.41, 5.74) is 20.3. The number of amidine groups is 1. The van der Waals surface area contributed by atoms with Gasteiger partial charge in [0.05, 0.1) is 27.9 Å². The Morgan fingerprint density at radius 2 is 1.14 bits per heavy atom. The summed E-state index contributed by atoms with van der Waals surface area (Å²) in [5.74, 6) is 2.23. The molecule has 12 rings (SSSR count). The second-order valence-corrected chi connectivity index (χ2v) is 15.2. The van der Waals surface area contributed by atoms with Gasteiger partial charge in [-0.15, -0.1) is 0 Å². The molecule has 0 radical (unpaired) electrons. The summed E-state index contributed by atoms with van der Waals surface area (Å²) in [6, 6.07) is 18.8. The summed E-state index contributed by atoms with van der Waals surface area (Å²) < 4.78 is 7.53. The number of aliphatic imine (C=N–C) groups is 1. The summed E-state index contributed by atoms with van der Waals surface area (Å²) >= 11 is 0. The SMILES string of the molecule is Cc1cc2c(cc1C)C1=C3C2=NC2c4cc(C)c(C)cc4C4=[N+]2[C@]32n3c(c5cc(C)c(C)cc5c3N1)N=c1c3cc(C)c(C)cc3c(n12)=N4. The average Bonchev–Trinajstić information content (AvgIpc) is 3.74. The van der Waals surface area contributed by atoms with E-state index in [1.165, 1.54) is 83.1 Å². The monoisotopic (exact) mass is 636 g/mol. The van der Waals surface area contributed by atoms with Gasteiger partial charge in [-0.25, -0.2) is 19.1 Å². The van der Waals surface area contributed by atoms with Crippen LogP contribution >= 0.6 is 0 Å². The molecule has 0 saturated carbocycles. The minimum absolute atomic E-state index is 0.249. The first-order valence-electron chi connectivity index (χ1n) is 17.3. The molecule has 0 bridgehead atoms. The Hall–Kier alpha value is -5.56. The highest BCUT2D eigenvalue weighted by Crippen LogP contribution is 2.59. The molecule has 0 saturated heterocycles. The fourth-order valence-corrected chi connectivity index (χ4v) is 9.61. The van der Waals surface area contributed by atoms with Gasteiger partial charge in [-0.2, -0.15) is 4.58 Å². The maximum absolute atomic E-state index is 5.76. The number of aromatic nitrogens is 2. The first kappa shape index (κ1) is 26.4. The van der Waals surface area contributed by atoms with Crippen LogP contribution < -0.4 is 16.3 Å². The van der Waals surface area contributed by atoms with Gasteiger partial charge in [0.25, 0.3) is 5.49 Å². The van der Waals surface area contributed by atoms with E-state index in [-0.39, 0.29) is 6.17 Å². The van der Waals surface area contributed by atoms with Crippen LogP contribution in [0.4, 0.5) is 11.6 Å². The number of hydrogen-bond acceptors (Lipinski definition) is 4. The van der Waals surface area contributed by atoms with Crippen LogP contribution in [0.2, 0.25) is 0 Å². The van der Waals surface area contributed by atoms with Crippen molar-refractivity contribution in [2.75, 3.05) is 5.32 Å². The zero-order chi connectivity index (χ0) is 33.2. The van der Waals surface area contributed by atoms with Crippen LogP contribution in [0, 0.1) is 55.4 Å². The topological polar surface area (TPSA) is 62.0 Å².